The predicted molar refractivity (Wildman–Crippen MR) is 82.3 cm³/mol. The van der Waals surface area contributed by atoms with Gasteiger partial charge in [0.05, 0.1) is 6.54 Å². The second-order valence-electron chi connectivity index (χ2n) is 5.65. The summed E-state index contributed by atoms with van der Waals surface area (Å²) in [4.78, 5) is 23.4. The first-order valence-corrected chi connectivity index (χ1v) is 7.82. The lowest BCUT2D eigenvalue weighted by atomic mass is 9.92. The normalized spacial score (nSPS) is 19.2. The SMILES string of the molecule is CCn1ncnc1CN1CCCC(C(=O)c2ccccn2)C1. The highest BCUT2D eigenvalue weighted by atomic mass is 16.1. The van der Waals surface area contributed by atoms with Crippen LogP contribution in [0.3, 0.4) is 0 Å². The zero-order valence-electron chi connectivity index (χ0n) is 12.9. The number of piperidine rings is 1. The van der Waals surface area contributed by atoms with Crippen molar-refractivity contribution in [1.82, 2.24) is 24.6 Å². The summed E-state index contributed by atoms with van der Waals surface area (Å²) in [5, 5.41) is 4.20. The summed E-state index contributed by atoms with van der Waals surface area (Å²) >= 11 is 0. The summed E-state index contributed by atoms with van der Waals surface area (Å²) in [6, 6.07) is 5.50. The second kappa shape index (κ2) is 6.79. The number of hydrogen-bond donors (Lipinski definition) is 0. The van der Waals surface area contributed by atoms with Crippen LogP contribution < -0.4 is 0 Å². The van der Waals surface area contributed by atoms with E-state index >= 15 is 0 Å². The Morgan fingerprint density at radius 1 is 1.36 bits per heavy atom. The molecule has 1 aliphatic rings. The van der Waals surface area contributed by atoms with Gasteiger partial charge in [0.2, 0.25) is 0 Å². The third-order valence-electron chi connectivity index (χ3n) is 4.15. The maximum absolute atomic E-state index is 12.5. The van der Waals surface area contributed by atoms with Crippen LogP contribution in [0.1, 0.15) is 36.1 Å². The lowest BCUT2D eigenvalue weighted by molar-refractivity contribution is 0.0801. The van der Waals surface area contributed by atoms with E-state index in [1.165, 1.54) is 0 Å². The number of pyridine rings is 1. The zero-order valence-corrected chi connectivity index (χ0v) is 12.9. The quantitative estimate of drug-likeness (QED) is 0.788. The van der Waals surface area contributed by atoms with Crippen molar-refractivity contribution >= 4 is 5.78 Å². The van der Waals surface area contributed by atoms with Crippen LogP contribution in [-0.2, 0) is 13.1 Å². The van der Waals surface area contributed by atoms with Crippen molar-refractivity contribution in [1.29, 1.82) is 0 Å². The molecule has 0 amide bonds. The van der Waals surface area contributed by atoms with E-state index in [4.69, 9.17) is 0 Å². The van der Waals surface area contributed by atoms with Crippen molar-refractivity contribution in [3.63, 3.8) is 0 Å². The summed E-state index contributed by atoms with van der Waals surface area (Å²) < 4.78 is 1.91. The lowest BCUT2D eigenvalue weighted by Gasteiger charge is -2.31. The van der Waals surface area contributed by atoms with Crippen molar-refractivity contribution < 1.29 is 4.79 Å². The van der Waals surface area contributed by atoms with Crippen molar-refractivity contribution in [2.24, 2.45) is 5.92 Å². The van der Waals surface area contributed by atoms with Crippen LogP contribution in [0, 0.1) is 5.92 Å². The molecule has 0 radical (unpaired) electrons. The Kier molecular flexibility index (Phi) is 4.58. The van der Waals surface area contributed by atoms with E-state index in [9.17, 15) is 4.79 Å². The highest BCUT2D eigenvalue weighted by Gasteiger charge is 2.27. The van der Waals surface area contributed by atoms with Crippen molar-refractivity contribution in [3.05, 3.63) is 42.2 Å². The van der Waals surface area contributed by atoms with Gasteiger partial charge in [-0.25, -0.2) is 9.67 Å². The molecule has 6 nitrogen and oxygen atoms in total. The third kappa shape index (κ3) is 3.22. The first-order chi connectivity index (χ1) is 10.8. The van der Waals surface area contributed by atoms with Crippen LogP contribution in [0.25, 0.3) is 0 Å². The number of carbonyl (C=O) groups excluding carboxylic acids is 1. The number of likely N-dealkylation sites (tertiary alicyclic amines) is 1. The predicted octanol–water partition coefficient (Wildman–Crippen LogP) is 1.79. The Labute approximate surface area is 130 Å². The number of aromatic nitrogens is 4. The Morgan fingerprint density at radius 3 is 3.05 bits per heavy atom. The molecule has 0 saturated carbocycles. The summed E-state index contributed by atoms with van der Waals surface area (Å²) in [5.74, 6) is 1.15. The molecule has 1 unspecified atom stereocenters. The van der Waals surface area contributed by atoms with Gasteiger partial charge in [-0.2, -0.15) is 5.10 Å². The zero-order chi connectivity index (χ0) is 15.4. The fourth-order valence-electron chi connectivity index (χ4n) is 3.01. The molecule has 1 atom stereocenters. The van der Waals surface area contributed by atoms with Gasteiger partial charge in [0.1, 0.15) is 17.8 Å². The highest BCUT2D eigenvalue weighted by molar-refractivity contribution is 5.96. The van der Waals surface area contributed by atoms with Gasteiger partial charge in [0.25, 0.3) is 0 Å². The fraction of sp³-hybridized carbons (Fsp3) is 0.500. The van der Waals surface area contributed by atoms with Crippen LogP contribution in [0.4, 0.5) is 0 Å². The van der Waals surface area contributed by atoms with Crippen LogP contribution in [0.15, 0.2) is 30.7 Å². The van der Waals surface area contributed by atoms with Crippen molar-refractivity contribution in [3.8, 4) is 0 Å². The molecular weight excluding hydrogens is 278 g/mol. The van der Waals surface area contributed by atoms with Gasteiger partial charge in [-0.1, -0.05) is 6.07 Å². The average Bonchev–Trinajstić information content (AvgIpc) is 3.02. The number of carbonyl (C=O) groups is 1. The molecule has 0 aromatic carbocycles. The van der Waals surface area contributed by atoms with Crippen LogP contribution in [-0.4, -0.2) is 43.5 Å². The first kappa shape index (κ1) is 14.8. The molecule has 22 heavy (non-hydrogen) atoms. The Morgan fingerprint density at radius 2 is 2.27 bits per heavy atom. The number of rotatable bonds is 5. The van der Waals surface area contributed by atoms with E-state index in [0.717, 1.165) is 44.8 Å². The highest BCUT2D eigenvalue weighted by Crippen LogP contribution is 2.21. The topological polar surface area (TPSA) is 63.9 Å². The van der Waals surface area contributed by atoms with Crippen LogP contribution >= 0.6 is 0 Å². The van der Waals surface area contributed by atoms with Gasteiger partial charge >= 0.3 is 0 Å². The third-order valence-corrected chi connectivity index (χ3v) is 4.15. The Balaban J connectivity index is 1.65. The molecule has 6 heteroatoms. The summed E-state index contributed by atoms with van der Waals surface area (Å²) in [5.41, 5.74) is 0.575. The monoisotopic (exact) mass is 299 g/mol. The largest absolute Gasteiger partial charge is 0.295 e. The summed E-state index contributed by atoms with van der Waals surface area (Å²) in [6.45, 7) is 5.40. The Hall–Kier alpha value is -2.08. The summed E-state index contributed by atoms with van der Waals surface area (Å²) in [6.07, 6.45) is 5.24. The molecule has 2 aromatic rings. The first-order valence-electron chi connectivity index (χ1n) is 7.82. The van der Waals surface area contributed by atoms with E-state index in [1.807, 2.05) is 16.8 Å². The molecular formula is C16H21N5O. The van der Waals surface area contributed by atoms with E-state index in [-0.39, 0.29) is 11.7 Å². The van der Waals surface area contributed by atoms with E-state index in [1.54, 1.807) is 18.6 Å². The lowest BCUT2D eigenvalue weighted by Crippen LogP contribution is -2.39. The molecule has 3 heterocycles. The smallest absolute Gasteiger partial charge is 0.185 e. The number of nitrogens with zero attached hydrogens (tertiary/aromatic N) is 5. The molecule has 0 spiro atoms. The van der Waals surface area contributed by atoms with Gasteiger partial charge in [-0.15, -0.1) is 0 Å². The minimum Gasteiger partial charge on any atom is -0.295 e. The van der Waals surface area contributed by atoms with Gasteiger partial charge in [0.15, 0.2) is 5.78 Å². The van der Waals surface area contributed by atoms with Crippen molar-refractivity contribution in [2.45, 2.75) is 32.9 Å². The molecule has 1 fully saturated rings. The number of Topliss-reactive ketones (excluding diaryl/α,β-unsaturated/α-hetero) is 1. The molecule has 116 valence electrons. The van der Waals surface area contributed by atoms with Gasteiger partial charge < -0.3 is 0 Å². The van der Waals surface area contributed by atoms with Crippen LogP contribution in [0.2, 0.25) is 0 Å². The minimum absolute atomic E-state index is 0.0293. The standard InChI is InChI=1S/C16H21N5O/c1-2-21-15(18-12-19-21)11-20-9-5-6-13(10-20)16(22)14-7-3-4-8-17-14/h3-4,7-8,12-13H,2,5-6,9-11H2,1H3. The summed E-state index contributed by atoms with van der Waals surface area (Å²) in [7, 11) is 0. The molecule has 0 aliphatic carbocycles. The maximum Gasteiger partial charge on any atom is 0.185 e. The molecule has 3 rings (SSSR count). The number of aryl methyl sites for hydroxylation is 1. The molecule has 1 saturated heterocycles. The van der Waals surface area contributed by atoms with E-state index < -0.39 is 0 Å². The van der Waals surface area contributed by atoms with Gasteiger partial charge in [0, 0.05) is 25.2 Å². The fourth-order valence-corrected chi connectivity index (χ4v) is 3.01. The maximum atomic E-state index is 12.5. The molecule has 0 N–H and O–H groups in total. The molecule has 2 aromatic heterocycles. The van der Waals surface area contributed by atoms with Gasteiger partial charge in [-0.05, 0) is 38.4 Å². The Bertz CT molecular complexity index is 624. The minimum atomic E-state index is 0.0293. The number of ketones is 1. The second-order valence-corrected chi connectivity index (χ2v) is 5.65. The van der Waals surface area contributed by atoms with Gasteiger partial charge in [-0.3, -0.25) is 14.7 Å². The molecule has 1 aliphatic heterocycles. The molecule has 0 bridgehead atoms. The van der Waals surface area contributed by atoms with E-state index in [0.29, 0.717) is 5.69 Å². The number of hydrogen-bond acceptors (Lipinski definition) is 5. The average molecular weight is 299 g/mol. The van der Waals surface area contributed by atoms with Crippen molar-refractivity contribution in [2.75, 3.05) is 13.1 Å². The van der Waals surface area contributed by atoms with Crippen LogP contribution in [0.5, 0.6) is 0 Å². The van der Waals surface area contributed by atoms with E-state index in [2.05, 4.69) is 26.9 Å².